The van der Waals surface area contributed by atoms with Crippen LogP contribution in [0.25, 0.3) is 0 Å². The van der Waals surface area contributed by atoms with Gasteiger partial charge in [-0.2, -0.15) is 5.10 Å². The van der Waals surface area contributed by atoms with Crippen LogP contribution in [0.5, 0.6) is 0 Å². The van der Waals surface area contributed by atoms with Crippen LogP contribution in [0.2, 0.25) is 0 Å². The molecule has 1 saturated carbocycles. The lowest BCUT2D eigenvalue weighted by Crippen LogP contribution is -2.38. The molecular weight excluding hydrogens is 320 g/mol. The number of carbonyl (C=O) groups is 1. The fourth-order valence-corrected chi connectivity index (χ4v) is 3.53. The molecule has 1 saturated heterocycles. The minimum atomic E-state index is -0.205. The third-order valence-corrected chi connectivity index (χ3v) is 4.95. The van der Waals surface area contributed by atoms with E-state index in [1.165, 1.54) is 12.8 Å². The van der Waals surface area contributed by atoms with Crippen LogP contribution >= 0.6 is 0 Å². The van der Waals surface area contributed by atoms with Gasteiger partial charge in [0.25, 0.3) is 0 Å². The molecular formula is C17H24N6O2. The fraction of sp³-hybridized carbons (Fsp3) is 0.647. The summed E-state index contributed by atoms with van der Waals surface area (Å²) in [7, 11) is 0. The van der Waals surface area contributed by atoms with E-state index in [1.54, 1.807) is 11.1 Å². The number of piperidine rings is 1. The van der Waals surface area contributed by atoms with Gasteiger partial charge in [0.05, 0.1) is 6.61 Å². The zero-order valence-corrected chi connectivity index (χ0v) is 14.5. The number of amides is 1. The zero-order valence-electron chi connectivity index (χ0n) is 14.5. The van der Waals surface area contributed by atoms with Gasteiger partial charge in [0.15, 0.2) is 5.82 Å². The topological polar surface area (TPSA) is 78.1 Å². The standard InChI is InChI=1S/C17H24N6O2/c1-2-25-17(24)21-10-6-13(7-11-21)16-20-19-15(23(16)14-4-5-14)12-22-9-3-8-18-22/h3,8-9,13-14H,2,4-7,10-12H2,1H3. The average Bonchev–Trinajstić information content (AvgIpc) is 3.17. The molecule has 0 bridgehead atoms. The van der Waals surface area contributed by atoms with E-state index >= 15 is 0 Å². The van der Waals surface area contributed by atoms with Crippen molar-refractivity contribution in [2.75, 3.05) is 19.7 Å². The Balaban J connectivity index is 1.48. The largest absolute Gasteiger partial charge is 0.450 e. The van der Waals surface area contributed by atoms with Crippen molar-refractivity contribution in [3.63, 3.8) is 0 Å². The second-order valence-corrected chi connectivity index (χ2v) is 6.74. The van der Waals surface area contributed by atoms with E-state index in [0.717, 1.165) is 37.6 Å². The molecule has 1 aliphatic heterocycles. The third kappa shape index (κ3) is 3.38. The Labute approximate surface area is 146 Å². The number of nitrogens with zero attached hydrogens (tertiary/aromatic N) is 6. The summed E-state index contributed by atoms with van der Waals surface area (Å²) in [5, 5.41) is 13.3. The van der Waals surface area contributed by atoms with Gasteiger partial charge in [-0.25, -0.2) is 4.79 Å². The van der Waals surface area contributed by atoms with Crippen molar-refractivity contribution in [3.05, 3.63) is 30.1 Å². The predicted molar refractivity (Wildman–Crippen MR) is 90.2 cm³/mol. The van der Waals surface area contributed by atoms with Crippen LogP contribution in [0.4, 0.5) is 4.79 Å². The molecule has 0 unspecified atom stereocenters. The second kappa shape index (κ2) is 6.85. The lowest BCUT2D eigenvalue weighted by Gasteiger charge is -2.31. The van der Waals surface area contributed by atoms with Gasteiger partial charge >= 0.3 is 6.09 Å². The lowest BCUT2D eigenvalue weighted by atomic mass is 9.96. The third-order valence-electron chi connectivity index (χ3n) is 4.95. The molecule has 1 amide bonds. The minimum absolute atomic E-state index is 0.205. The lowest BCUT2D eigenvalue weighted by molar-refractivity contribution is 0.0963. The van der Waals surface area contributed by atoms with Crippen molar-refractivity contribution in [1.29, 1.82) is 0 Å². The maximum atomic E-state index is 11.9. The number of hydrogen-bond donors (Lipinski definition) is 0. The van der Waals surface area contributed by atoms with Crippen molar-refractivity contribution in [3.8, 4) is 0 Å². The first kappa shape index (κ1) is 16.1. The van der Waals surface area contributed by atoms with Gasteiger partial charge in [-0.05, 0) is 38.7 Å². The highest BCUT2D eigenvalue weighted by Crippen LogP contribution is 2.39. The van der Waals surface area contributed by atoms with Gasteiger partial charge < -0.3 is 14.2 Å². The van der Waals surface area contributed by atoms with Gasteiger partial charge in [0.2, 0.25) is 0 Å². The summed E-state index contributed by atoms with van der Waals surface area (Å²) in [6.45, 7) is 4.35. The highest BCUT2D eigenvalue weighted by atomic mass is 16.6. The van der Waals surface area contributed by atoms with Gasteiger partial charge in [0.1, 0.15) is 12.4 Å². The molecule has 0 spiro atoms. The highest BCUT2D eigenvalue weighted by Gasteiger charge is 2.34. The van der Waals surface area contributed by atoms with Crippen LogP contribution in [0.1, 0.15) is 56.2 Å². The minimum Gasteiger partial charge on any atom is -0.450 e. The molecule has 4 rings (SSSR count). The van der Waals surface area contributed by atoms with Crippen LogP contribution in [0.15, 0.2) is 18.5 Å². The summed E-state index contributed by atoms with van der Waals surface area (Å²) < 4.78 is 9.31. The highest BCUT2D eigenvalue weighted by molar-refractivity contribution is 5.67. The normalized spacial score (nSPS) is 18.5. The summed E-state index contributed by atoms with van der Waals surface area (Å²) in [5.74, 6) is 2.41. The number of hydrogen-bond acceptors (Lipinski definition) is 5. The Morgan fingerprint density at radius 2 is 2.04 bits per heavy atom. The maximum absolute atomic E-state index is 11.9. The van der Waals surface area contributed by atoms with Gasteiger partial charge in [-0.3, -0.25) is 4.68 Å². The number of likely N-dealkylation sites (tertiary alicyclic amines) is 1. The van der Waals surface area contributed by atoms with Crippen LogP contribution in [-0.2, 0) is 11.3 Å². The van der Waals surface area contributed by atoms with E-state index in [1.807, 2.05) is 23.9 Å². The fourth-order valence-electron chi connectivity index (χ4n) is 3.53. The van der Waals surface area contributed by atoms with Crippen LogP contribution in [0.3, 0.4) is 0 Å². The van der Waals surface area contributed by atoms with Crippen molar-refractivity contribution in [2.24, 2.45) is 0 Å². The van der Waals surface area contributed by atoms with E-state index in [9.17, 15) is 4.79 Å². The number of ether oxygens (including phenoxy) is 1. The molecule has 1 aliphatic carbocycles. The van der Waals surface area contributed by atoms with Gasteiger partial charge in [-0.1, -0.05) is 0 Å². The summed E-state index contributed by atoms with van der Waals surface area (Å²) in [6.07, 6.45) is 7.73. The Morgan fingerprint density at radius 1 is 1.24 bits per heavy atom. The van der Waals surface area contributed by atoms with E-state index < -0.39 is 0 Å². The average molecular weight is 344 g/mol. The summed E-state index contributed by atoms with van der Waals surface area (Å²) >= 11 is 0. The Bertz CT molecular complexity index is 714. The maximum Gasteiger partial charge on any atom is 0.409 e. The molecule has 2 aromatic heterocycles. The van der Waals surface area contributed by atoms with E-state index in [-0.39, 0.29) is 6.09 Å². The molecule has 8 heteroatoms. The molecule has 0 N–H and O–H groups in total. The monoisotopic (exact) mass is 344 g/mol. The summed E-state index contributed by atoms with van der Waals surface area (Å²) in [6, 6.07) is 2.45. The number of rotatable bonds is 5. The molecule has 0 radical (unpaired) electrons. The van der Waals surface area contributed by atoms with Gasteiger partial charge in [0, 0.05) is 37.4 Å². The Kier molecular flexibility index (Phi) is 4.42. The smallest absolute Gasteiger partial charge is 0.409 e. The first-order valence-corrected chi connectivity index (χ1v) is 9.09. The van der Waals surface area contributed by atoms with Crippen molar-refractivity contribution in [1.82, 2.24) is 29.4 Å². The van der Waals surface area contributed by atoms with Crippen LogP contribution in [0, 0.1) is 0 Å². The first-order chi connectivity index (χ1) is 12.3. The molecule has 3 heterocycles. The Hall–Kier alpha value is -2.38. The molecule has 25 heavy (non-hydrogen) atoms. The zero-order chi connectivity index (χ0) is 17.2. The molecule has 0 atom stereocenters. The number of carbonyl (C=O) groups excluding carboxylic acids is 1. The molecule has 0 aromatic carbocycles. The number of aromatic nitrogens is 5. The van der Waals surface area contributed by atoms with Crippen molar-refractivity contribution in [2.45, 2.75) is 51.1 Å². The van der Waals surface area contributed by atoms with Crippen LogP contribution < -0.4 is 0 Å². The first-order valence-electron chi connectivity index (χ1n) is 9.09. The molecule has 2 fully saturated rings. The second-order valence-electron chi connectivity index (χ2n) is 6.74. The predicted octanol–water partition coefficient (Wildman–Crippen LogP) is 2.19. The van der Waals surface area contributed by atoms with E-state index in [4.69, 9.17) is 4.74 Å². The SMILES string of the molecule is CCOC(=O)N1CCC(c2nnc(Cn3cccn3)n2C2CC2)CC1. The summed E-state index contributed by atoms with van der Waals surface area (Å²) in [4.78, 5) is 13.7. The van der Waals surface area contributed by atoms with Crippen molar-refractivity contribution < 1.29 is 9.53 Å². The quantitative estimate of drug-likeness (QED) is 0.831. The summed E-state index contributed by atoms with van der Waals surface area (Å²) in [5.41, 5.74) is 0. The molecule has 2 aromatic rings. The van der Waals surface area contributed by atoms with E-state index in [2.05, 4.69) is 19.9 Å². The van der Waals surface area contributed by atoms with Crippen LogP contribution in [-0.4, -0.2) is 55.2 Å². The Morgan fingerprint density at radius 3 is 2.68 bits per heavy atom. The van der Waals surface area contributed by atoms with Crippen molar-refractivity contribution >= 4 is 6.09 Å². The van der Waals surface area contributed by atoms with Gasteiger partial charge in [-0.15, -0.1) is 10.2 Å². The molecule has 2 aliphatic rings. The molecule has 134 valence electrons. The molecule has 8 nitrogen and oxygen atoms in total. The van der Waals surface area contributed by atoms with E-state index in [0.29, 0.717) is 25.1 Å².